The summed E-state index contributed by atoms with van der Waals surface area (Å²) in [5.74, 6) is -4.22. The number of hydrogen-bond acceptors (Lipinski definition) is 3. The summed E-state index contributed by atoms with van der Waals surface area (Å²) in [6.45, 7) is 0. The summed E-state index contributed by atoms with van der Waals surface area (Å²) in [4.78, 5) is 25.7. The maximum atomic E-state index is 13.9. The lowest BCUT2D eigenvalue weighted by Gasteiger charge is -2.37. The first-order valence-corrected chi connectivity index (χ1v) is 8.50. The fourth-order valence-electron chi connectivity index (χ4n) is 3.18. The highest BCUT2D eigenvalue weighted by Gasteiger charge is 2.46. The molecule has 2 aromatic rings. The number of nitrogens with one attached hydrogen (secondary N) is 1. The van der Waals surface area contributed by atoms with Crippen molar-refractivity contribution in [3.63, 3.8) is 0 Å². The van der Waals surface area contributed by atoms with Gasteiger partial charge < -0.3 is 5.32 Å². The van der Waals surface area contributed by atoms with Crippen LogP contribution in [0.4, 0.5) is 18.9 Å². The molecule has 1 unspecified atom stereocenters. The number of amides is 2. The maximum absolute atomic E-state index is 13.9. The summed E-state index contributed by atoms with van der Waals surface area (Å²) in [5.41, 5.74) is 0.406. The van der Waals surface area contributed by atoms with Crippen molar-refractivity contribution in [2.75, 3.05) is 4.90 Å². The van der Waals surface area contributed by atoms with Crippen molar-refractivity contribution >= 4 is 18.0 Å². The van der Waals surface area contributed by atoms with Crippen molar-refractivity contribution < 1.29 is 22.8 Å². The van der Waals surface area contributed by atoms with Gasteiger partial charge in [-0.3, -0.25) is 14.5 Å². The number of anilines is 1. The van der Waals surface area contributed by atoms with E-state index in [1.807, 2.05) is 0 Å². The van der Waals surface area contributed by atoms with Crippen LogP contribution in [0, 0.1) is 17.1 Å². The van der Waals surface area contributed by atoms with Crippen LogP contribution in [0.2, 0.25) is 0 Å². The third-order valence-electron chi connectivity index (χ3n) is 4.50. The number of carbonyl (C=O) groups is 2. The van der Waals surface area contributed by atoms with Crippen LogP contribution in [-0.2, 0) is 9.59 Å². The van der Waals surface area contributed by atoms with Gasteiger partial charge >= 0.3 is 0 Å². The number of hydrogen-bond donors (Lipinski definition) is 1. The molecule has 2 aromatic carbocycles. The highest BCUT2D eigenvalue weighted by atomic mass is 19.3. The fourth-order valence-corrected chi connectivity index (χ4v) is 3.18. The zero-order valence-corrected chi connectivity index (χ0v) is 14.6. The van der Waals surface area contributed by atoms with Crippen molar-refractivity contribution in [3.05, 3.63) is 65.5 Å². The third kappa shape index (κ3) is 4.14. The van der Waals surface area contributed by atoms with Crippen molar-refractivity contribution in [3.8, 4) is 6.07 Å². The number of carbonyl (C=O) groups excluding carboxylic acids is 2. The van der Waals surface area contributed by atoms with Crippen molar-refractivity contribution in [1.29, 1.82) is 5.26 Å². The SMILES string of the molecule is N#Cc1cc(F)cc(N(C=O)C(C(=O)NC2CC(F)(F)C2)c2ccccc2)c1. The molecule has 0 spiro atoms. The van der Waals surface area contributed by atoms with Gasteiger partial charge in [0.25, 0.3) is 5.92 Å². The lowest BCUT2D eigenvalue weighted by Crippen LogP contribution is -2.53. The predicted octanol–water partition coefficient (Wildman–Crippen LogP) is 3.32. The molecule has 1 fully saturated rings. The van der Waals surface area contributed by atoms with Crippen LogP contribution in [0.25, 0.3) is 0 Å². The molecule has 8 heteroatoms. The Balaban J connectivity index is 1.96. The number of halogens is 3. The predicted molar refractivity (Wildman–Crippen MR) is 95.0 cm³/mol. The summed E-state index contributed by atoms with van der Waals surface area (Å²) >= 11 is 0. The van der Waals surface area contributed by atoms with Crippen LogP contribution < -0.4 is 10.2 Å². The van der Waals surface area contributed by atoms with Gasteiger partial charge in [-0.1, -0.05) is 30.3 Å². The Bertz CT molecular complexity index is 920. The third-order valence-corrected chi connectivity index (χ3v) is 4.50. The second-order valence-electron chi connectivity index (χ2n) is 6.61. The Morgan fingerprint density at radius 1 is 1.25 bits per heavy atom. The highest BCUT2D eigenvalue weighted by Crippen LogP contribution is 2.38. The fraction of sp³-hybridized carbons (Fsp3) is 0.250. The Morgan fingerprint density at radius 3 is 2.50 bits per heavy atom. The number of nitriles is 1. The number of benzene rings is 2. The van der Waals surface area contributed by atoms with Gasteiger partial charge in [-0.2, -0.15) is 5.26 Å². The molecular formula is C20H16F3N3O2. The van der Waals surface area contributed by atoms with Gasteiger partial charge in [-0.15, -0.1) is 0 Å². The van der Waals surface area contributed by atoms with Crippen LogP contribution >= 0.6 is 0 Å². The van der Waals surface area contributed by atoms with E-state index in [1.54, 1.807) is 36.4 Å². The van der Waals surface area contributed by atoms with E-state index >= 15 is 0 Å². The second kappa shape index (κ2) is 7.72. The zero-order valence-electron chi connectivity index (χ0n) is 14.6. The largest absolute Gasteiger partial charge is 0.351 e. The number of rotatable bonds is 6. The van der Waals surface area contributed by atoms with Crippen LogP contribution in [0.5, 0.6) is 0 Å². The monoisotopic (exact) mass is 387 g/mol. The molecule has 0 saturated heterocycles. The molecule has 0 heterocycles. The minimum absolute atomic E-state index is 0.00879. The van der Waals surface area contributed by atoms with E-state index in [9.17, 15) is 22.8 Å². The molecule has 1 aliphatic rings. The average Bonchev–Trinajstić information content (AvgIpc) is 2.64. The second-order valence-corrected chi connectivity index (χ2v) is 6.61. The van der Waals surface area contributed by atoms with E-state index in [2.05, 4.69) is 5.32 Å². The van der Waals surface area contributed by atoms with Crippen LogP contribution in [-0.4, -0.2) is 24.3 Å². The molecule has 1 atom stereocenters. The summed E-state index contributed by atoms with van der Waals surface area (Å²) in [6, 6.07) is 11.4. The molecule has 1 aliphatic carbocycles. The molecular weight excluding hydrogens is 371 g/mol. The number of alkyl halides is 2. The normalized spacial score (nSPS) is 16.4. The first-order chi connectivity index (χ1) is 13.3. The first-order valence-electron chi connectivity index (χ1n) is 8.50. The van der Waals surface area contributed by atoms with E-state index < -0.39 is 42.6 Å². The van der Waals surface area contributed by atoms with Crippen molar-refractivity contribution in [2.24, 2.45) is 0 Å². The standard InChI is InChI=1S/C20H16F3N3O2/c21-15-6-13(11-24)7-17(8-15)26(12-27)18(14-4-2-1-3-5-14)19(28)25-16-9-20(22,23)10-16/h1-8,12,16,18H,9-10H2,(H,25,28). The van der Waals surface area contributed by atoms with E-state index in [4.69, 9.17) is 5.26 Å². The van der Waals surface area contributed by atoms with Crippen LogP contribution in [0.3, 0.4) is 0 Å². The molecule has 0 aromatic heterocycles. The van der Waals surface area contributed by atoms with Gasteiger partial charge in [0, 0.05) is 24.6 Å². The summed E-state index contributed by atoms with van der Waals surface area (Å²) < 4.78 is 40.0. The Kier molecular flexibility index (Phi) is 5.36. The summed E-state index contributed by atoms with van der Waals surface area (Å²) in [6.07, 6.45) is -0.595. The zero-order chi connectivity index (χ0) is 20.3. The van der Waals surface area contributed by atoms with Gasteiger partial charge in [-0.25, -0.2) is 13.2 Å². The lowest BCUT2D eigenvalue weighted by molar-refractivity contribution is -0.131. The molecule has 1 N–H and O–H groups in total. The Hall–Kier alpha value is -3.34. The minimum Gasteiger partial charge on any atom is -0.351 e. The smallest absolute Gasteiger partial charge is 0.252 e. The molecule has 0 bridgehead atoms. The van der Waals surface area contributed by atoms with Gasteiger partial charge in [0.05, 0.1) is 11.6 Å². The molecule has 2 amide bonds. The van der Waals surface area contributed by atoms with Crippen molar-refractivity contribution in [2.45, 2.75) is 30.8 Å². The molecule has 1 saturated carbocycles. The molecule has 0 aliphatic heterocycles. The van der Waals surface area contributed by atoms with E-state index in [-0.39, 0.29) is 11.3 Å². The van der Waals surface area contributed by atoms with Gasteiger partial charge in [0.2, 0.25) is 12.3 Å². The molecule has 28 heavy (non-hydrogen) atoms. The van der Waals surface area contributed by atoms with Gasteiger partial charge in [-0.05, 0) is 23.8 Å². The molecule has 3 rings (SSSR count). The highest BCUT2D eigenvalue weighted by molar-refractivity contribution is 5.93. The van der Waals surface area contributed by atoms with E-state index in [0.29, 0.717) is 12.0 Å². The summed E-state index contributed by atoms with van der Waals surface area (Å²) in [7, 11) is 0. The van der Waals surface area contributed by atoms with Gasteiger partial charge in [0.15, 0.2) is 0 Å². The minimum atomic E-state index is -2.81. The van der Waals surface area contributed by atoms with E-state index in [1.165, 1.54) is 6.07 Å². The van der Waals surface area contributed by atoms with Crippen LogP contribution in [0.15, 0.2) is 48.5 Å². The molecule has 0 radical (unpaired) electrons. The quantitative estimate of drug-likeness (QED) is 0.773. The average molecular weight is 387 g/mol. The summed E-state index contributed by atoms with van der Waals surface area (Å²) in [5, 5.41) is 11.6. The maximum Gasteiger partial charge on any atom is 0.252 e. The Morgan fingerprint density at radius 2 is 1.93 bits per heavy atom. The van der Waals surface area contributed by atoms with Crippen molar-refractivity contribution in [1.82, 2.24) is 5.32 Å². The number of nitrogens with zero attached hydrogens (tertiary/aromatic N) is 2. The molecule has 144 valence electrons. The topological polar surface area (TPSA) is 73.2 Å². The lowest BCUT2D eigenvalue weighted by atomic mass is 9.88. The molecule has 5 nitrogen and oxygen atoms in total. The van der Waals surface area contributed by atoms with E-state index in [0.717, 1.165) is 17.0 Å². The van der Waals surface area contributed by atoms with Crippen LogP contribution in [0.1, 0.15) is 30.0 Å². The Labute approximate surface area is 159 Å². The first kappa shape index (κ1) is 19.4. The van der Waals surface area contributed by atoms with Gasteiger partial charge in [0.1, 0.15) is 11.9 Å².